The van der Waals surface area contributed by atoms with Crippen LogP contribution in [0.3, 0.4) is 0 Å². The van der Waals surface area contributed by atoms with Crippen LogP contribution in [0.5, 0.6) is 0 Å². The Labute approximate surface area is 181 Å². The number of halogens is 3. The number of nitrogens with one attached hydrogen (secondary N) is 1. The Balaban J connectivity index is 1.61. The number of hydrogen-bond donors (Lipinski definition) is 1. The molecule has 1 unspecified atom stereocenters. The molecule has 2 heterocycles. The van der Waals surface area contributed by atoms with Gasteiger partial charge in [-0.15, -0.1) is 10.2 Å². The minimum atomic E-state index is -4.46. The van der Waals surface area contributed by atoms with Crippen LogP contribution in [-0.2, 0) is 26.9 Å². The van der Waals surface area contributed by atoms with Gasteiger partial charge in [0.1, 0.15) is 5.69 Å². The molecule has 1 atom stereocenters. The van der Waals surface area contributed by atoms with E-state index in [9.17, 15) is 27.6 Å². The highest BCUT2D eigenvalue weighted by Gasteiger charge is 2.30. The Bertz CT molecular complexity index is 1020. The average Bonchev–Trinajstić information content (AvgIpc) is 2.78. The number of aromatic nitrogens is 3. The average molecular weight is 452 g/mol. The molecule has 2 aromatic rings. The summed E-state index contributed by atoms with van der Waals surface area (Å²) in [6.45, 7) is 2.83. The first-order chi connectivity index (χ1) is 15.2. The zero-order valence-electron chi connectivity index (χ0n) is 17.4. The second-order valence-corrected chi connectivity index (χ2v) is 7.46. The van der Waals surface area contributed by atoms with Crippen molar-refractivity contribution >= 4 is 11.9 Å². The maximum absolute atomic E-state index is 12.7. The molecule has 1 saturated heterocycles. The number of aryl methyl sites for hydroxylation is 1. The molecular formula is C21H23F3N4O4. The molecule has 1 N–H and O–H groups in total. The first-order valence-corrected chi connectivity index (χ1v) is 10.3. The lowest BCUT2D eigenvalue weighted by Gasteiger charge is -2.31. The molecule has 32 heavy (non-hydrogen) atoms. The van der Waals surface area contributed by atoms with Crippen molar-refractivity contribution in [2.24, 2.45) is 5.92 Å². The number of benzene rings is 1. The molecule has 11 heteroatoms. The Hall–Kier alpha value is -3.24. The van der Waals surface area contributed by atoms with Gasteiger partial charge in [0, 0.05) is 31.5 Å². The number of hydrogen-bond acceptors (Lipinski definition) is 6. The van der Waals surface area contributed by atoms with Crippen molar-refractivity contribution in [3.05, 3.63) is 45.9 Å². The van der Waals surface area contributed by atoms with Crippen LogP contribution in [0.15, 0.2) is 29.1 Å². The monoisotopic (exact) mass is 452 g/mol. The number of esters is 1. The van der Waals surface area contributed by atoms with Gasteiger partial charge in [-0.05, 0) is 31.9 Å². The van der Waals surface area contributed by atoms with Crippen LogP contribution in [0.25, 0.3) is 11.4 Å². The van der Waals surface area contributed by atoms with Gasteiger partial charge in [-0.2, -0.15) is 13.2 Å². The third-order valence-electron chi connectivity index (χ3n) is 5.22. The molecule has 0 saturated carbocycles. The van der Waals surface area contributed by atoms with Gasteiger partial charge in [0.25, 0.3) is 5.56 Å². The van der Waals surface area contributed by atoms with Crippen molar-refractivity contribution in [2.75, 3.05) is 19.7 Å². The van der Waals surface area contributed by atoms with Crippen molar-refractivity contribution in [1.82, 2.24) is 20.1 Å². The number of rotatable bonds is 6. The first kappa shape index (κ1) is 23.4. The summed E-state index contributed by atoms with van der Waals surface area (Å²) in [6.07, 6.45) is -3.03. The number of aromatic amines is 1. The zero-order valence-corrected chi connectivity index (χ0v) is 17.4. The fraction of sp³-hybridized carbons (Fsp3) is 0.476. The number of carbonyl (C=O) groups excluding carboxylic acids is 2. The zero-order chi connectivity index (χ0) is 23.3. The van der Waals surface area contributed by atoms with Crippen LogP contribution in [0.1, 0.15) is 37.4 Å². The highest BCUT2D eigenvalue weighted by molar-refractivity contribution is 5.78. The summed E-state index contributed by atoms with van der Waals surface area (Å²) >= 11 is 0. The van der Waals surface area contributed by atoms with E-state index in [0.717, 1.165) is 12.1 Å². The topological polar surface area (TPSA) is 105 Å². The molecule has 1 amide bonds. The molecular weight excluding hydrogens is 429 g/mol. The van der Waals surface area contributed by atoms with E-state index in [1.54, 1.807) is 11.8 Å². The summed E-state index contributed by atoms with van der Waals surface area (Å²) in [7, 11) is 0. The van der Waals surface area contributed by atoms with Crippen LogP contribution in [-0.4, -0.2) is 51.7 Å². The third-order valence-corrected chi connectivity index (χ3v) is 5.22. The van der Waals surface area contributed by atoms with Crippen LogP contribution >= 0.6 is 0 Å². The molecule has 1 aliphatic heterocycles. The molecule has 0 radical (unpaired) electrons. The molecule has 3 rings (SSSR count). The minimum absolute atomic E-state index is 0.0208. The smallest absolute Gasteiger partial charge is 0.416 e. The number of ether oxygens (including phenoxy) is 1. The van der Waals surface area contributed by atoms with E-state index >= 15 is 0 Å². The van der Waals surface area contributed by atoms with E-state index in [1.807, 2.05) is 0 Å². The van der Waals surface area contributed by atoms with Crippen LogP contribution < -0.4 is 5.56 Å². The number of amides is 1. The van der Waals surface area contributed by atoms with E-state index in [2.05, 4.69) is 15.2 Å². The lowest BCUT2D eigenvalue weighted by atomic mass is 9.98. The van der Waals surface area contributed by atoms with Crippen molar-refractivity contribution < 1.29 is 27.5 Å². The van der Waals surface area contributed by atoms with Gasteiger partial charge in [0.15, 0.2) is 5.82 Å². The van der Waals surface area contributed by atoms with E-state index in [0.29, 0.717) is 19.4 Å². The van der Waals surface area contributed by atoms with Gasteiger partial charge in [0.2, 0.25) is 5.91 Å². The van der Waals surface area contributed by atoms with Crippen molar-refractivity contribution in [1.29, 1.82) is 0 Å². The summed E-state index contributed by atoms with van der Waals surface area (Å²) in [6, 6.07) is 4.18. The van der Waals surface area contributed by atoms with E-state index < -0.39 is 17.3 Å². The van der Waals surface area contributed by atoms with E-state index in [-0.39, 0.29) is 60.9 Å². The van der Waals surface area contributed by atoms with E-state index in [1.165, 1.54) is 12.1 Å². The van der Waals surface area contributed by atoms with Crippen LogP contribution in [0.4, 0.5) is 13.2 Å². The number of carbonyl (C=O) groups is 2. The summed E-state index contributed by atoms with van der Waals surface area (Å²) in [4.78, 5) is 40.9. The van der Waals surface area contributed by atoms with Gasteiger partial charge in [-0.1, -0.05) is 12.1 Å². The molecule has 0 aliphatic carbocycles. The molecule has 1 aliphatic rings. The summed E-state index contributed by atoms with van der Waals surface area (Å²) in [5, 5.41) is 7.72. The number of H-pyrrole nitrogens is 1. The molecule has 8 nitrogen and oxygen atoms in total. The summed E-state index contributed by atoms with van der Waals surface area (Å²) in [5.74, 6) is -0.829. The summed E-state index contributed by atoms with van der Waals surface area (Å²) in [5.41, 5.74) is -1.04. The largest absolute Gasteiger partial charge is 0.466 e. The highest BCUT2D eigenvalue weighted by Crippen LogP contribution is 2.30. The second kappa shape index (κ2) is 9.92. The Morgan fingerprint density at radius 2 is 1.94 bits per heavy atom. The predicted octanol–water partition coefficient (Wildman–Crippen LogP) is 2.59. The van der Waals surface area contributed by atoms with Gasteiger partial charge in [0.05, 0.1) is 18.1 Å². The summed E-state index contributed by atoms with van der Waals surface area (Å²) < 4.78 is 43.1. The molecule has 172 valence electrons. The fourth-order valence-corrected chi connectivity index (χ4v) is 3.51. The first-order valence-electron chi connectivity index (χ1n) is 10.3. The molecule has 1 fully saturated rings. The quantitative estimate of drug-likeness (QED) is 0.676. The predicted molar refractivity (Wildman–Crippen MR) is 107 cm³/mol. The second-order valence-electron chi connectivity index (χ2n) is 7.46. The Kier molecular flexibility index (Phi) is 7.26. The van der Waals surface area contributed by atoms with Crippen molar-refractivity contribution in [3.63, 3.8) is 0 Å². The van der Waals surface area contributed by atoms with Gasteiger partial charge >= 0.3 is 12.1 Å². The number of nitrogens with zero attached hydrogens (tertiary/aromatic N) is 3. The number of likely N-dealkylation sites (tertiary alicyclic amines) is 1. The standard InChI is InChI=1S/C21H23F3N4O4/c1-2-32-20(31)14-4-3-11-28(12-14)17(29)10-9-16-19(30)25-18(27-26-16)13-5-7-15(8-6-13)21(22,23)24/h5-8,14H,2-4,9-12H2,1H3,(H,25,27,30). The van der Waals surface area contributed by atoms with Crippen LogP contribution in [0, 0.1) is 5.92 Å². The molecule has 1 aromatic heterocycles. The van der Waals surface area contributed by atoms with Gasteiger partial charge in [-0.3, -0.25) is 14.4 Å². The lowest BCUT2D eigenvalue weighted by molar-refractivity contribution is -0.151. The lowest BCUT2D eigenvalue weighted by Crippen LogP contribution is -2.43. The van der Waals surface area contributed by atoms with Crippen molar-refractivity contribution in [2.45, 2.75) is 38.8 Å². The Morgan fingerprint density at radius 3 is 2.56 bits per heavy atom. The highest BCUT2D eigenvalue weighted by atomic mass is 19.4. The normalized spacial score (nSPS) is 16.6. The molecule has 1 aromatic carbocycles. The fourth-order valence-electron chi connectivity index (χ4n) is 3.51. The van der Waals surface area contributed by atoms with Crippen molar-refractivity contribution in [3.8, 4) is 11.4 Å². The molecule has 0 bridgehead atoms. The number of piperidine rings is 1. The maximum Gasteiger partial charge on any atom is 0.416 e. The molecule has 0 spiro atoms. The Morgan fingerprint density at radius 1 is 1.22 bits per heavy atom. The van der Waals surface area contributed by atoms with Gasteiger partial charge in [-0.25, -0.2) is 0 Å². The number of alkyl halides is 3. The van der Waals surface area contributed by atoms with Gasteiger partial charge < -0.3 is 14.6 Å². The minimum Gasteiger partial charge on any atom is -0.466 e. The SMILES string of the molecule is CCOC(=O)C1CCCN(C(=O)CCc2nnc(-c3ccc(C(F)(F)F)cc3)[nH]c2=O)C1. The van der Waals surface area contributed by atoms with Crippen LogP contribution in [0.2, 0.25) is 0 Å². The van der Waals surface area contributed by atoms with E-state index in [4.69, 9.17) is 4.74 Å². The third kappa shape index (κ3) is 5.71. The maximum atomic E-state index is 12.7.